The lowest BCUT2D eigenvalue weighted by atomic mass is 10.6. The molecule has 0 aliphatic heterocycles. The Balaban J connectivity index is 2.77. The van der Waals surface area contributed by atoms with Crippen LogP contribution in [0.1, 0.15) is 10.6 Å². The summed E-state index contributed by atoms with van der Waals surface area (Å²) >= 11 is 0. The van der Waals surface area contributed by atoms with E-state index in [0.29, 0.717) is 0 Å². The number of hydrazine groups is 1. The Morgan fingerprint density at radius 3 is 2.75 bits per heavy atom. The highest BCUT2D eigenvalue weighted by Crippen LogP contribution is 1.96. The van der Waals surface area contributed by atoms with Crippen LogP contribution in [0.25, 0.3) is 0 Å². The Hall–Kier alpha value is -2.19. The third kappa shape index (κ3) is 1.65. The number of anilines is 1. The zero-order valence-electron chi connectivity index (χ0n) is 5.55. The molecule has 0 aromatic carbocycles. The van der Waals surface area contributed by atoms with Gasteiger partial charge in [0.15, 0.2) is 0 Å². The van der Waals surface area contributed by atoms with E-state index in [0.717, 1.165) is 0 Å². The van der Waals surface area contributed by atoms with Gasteiger partial charge in [0.2, 0.25) is 5.82 Å². The molecule has 0 unspecified atom stereocenters. The van der Waals surface area contributed by atoms with Gasteiger partial charge in [0, 0.05) is 0 Å². The van der Waals surface area contributed by atoms with Gasteiger partial charge < -0.3 is 5.11 Å². The minimum Gasteiger partial charge on any atom is -0.475 e. The number of H-pyrrole nitrogens is 1. The van der Waals surface area contributed by atoms with Crippen molar-refractivity contribution in [3.63, 3.8) is 0 Å². The van der Waals surface area contributed by atoms with E-state index in [1.807, 2.05) is 5.10 Å². The fourth-order valence-corrected chi connectivity index (χ4v) is 0.493. The summed E-state index contributed by atoms with van der Waals surface area (Å²) < 4.78 is 0. The second-order valence-corrected chi connectivity index (χ2v) is 1.70. The van der Waals surface area contributed by atoms with E-state index in [1.54, 1.807) is 5.43 Å². The zero-order valence-corrected chi connectivity index (χ0v) is 5.55. The number of nitrogens with one attached hydrogen (secondary N) is 2. The summed E-state index contributed by atoms with van der Waals surface area (Å²) in [5.74, 6) is -2.07. The number of nitrogens with zero attached hydrogens (tertiary/aromatic N) is 3. The van der Waals surface area contributed by atoms with Gasteiger partial charge in [-0.25, -0.2) is 10.0 Å². The fraction of sp³-hybridized carbons (Fsp3) is 0. The lowest BCUT2D eigenvalue weighted by Gasteiger charge is -1.80. The Labute approximate surface area is 64.5 Å². The van der Waals surface area contributed by atoms with Crippen molar-refractivity contribution in [1.82, 2.24) is 15.2 Å². The zero-order chi connectivity index (χ0) is 9.14. The lowest BCUT2D eigenvalue weighted by Crippen LogP contribution is -2.12. The van der Waals surface area contributed by atoms with E-state index in [9.17, 15) is 9.70 Å². The smallest absolute Gasteiger partial charge is 0.373 e. The monoisotopic (exact) mass is 174 g/mol. The highest BCUT2D eigenvalue weighted by Gasteiger charge is 2.13. The topological polar surface area (TPSA) is 131 Å². The van der Waals surface area contributed by atoms with Crippen molar-refractivity contribution in [2.75, 3.05) is 5.43 Å². The number of carbonyl (C=O) groups is 1. The van der Waals surface area contributed by atoms with Crippen molar-refractivity contribution in [2.24, 2.45) is 0 Å². The minimum absolute atomic E-state index is 0.329. The lowest BCUT2D eigenvalue weighted by molar-refractivity contribution is -0.770. The maximum atomic E-state index is 10.2. The normalized spacial score (nSPS) is 9.33. The Bertz CT molecular complexity index is 318. The SMILES string of the molecule is O=C(O)c1nc(N[N+](=O)O)n[nH]1. The summed E-state index contributed by atoms with van der Waals surface area (Å²) in [5, 5.41) is 21.0. The summed E-state index contributed by atoms with van der Waals surface area (Å²) in [6, 6.07) is 0. The van der Waals surface area contributed by atoms with Gasteiger partial charge in [-0.05, 0) is 5.43 Å². The summed E-state index contributed by atoms with van der Waals surface area (Å²) in [7, 11) is 0. The molecule has 1 aromatic rings. The van der Waals surface area contributed by atoms with Crippen molar-refractivity contribution < 1.29 is 20.1 Å². The molecule has 0 fully saturated rings. The van der Waals surface area contributed by atoms with Crippen molar-refractivity contribution in [2.45, 2.75) is 0 Å². The molecule has 0 spiro atoms. The molecule has 0 radical (unpaired) electrons. The minimum atomic E-state index is -1.31. The Morgan fingerprint density at radius 1 is 1.67 bits per heavy atom. The molecular weight excluding hydrogens is 170 g/mol. The van der Waals surface area contributed by atoms with E-state index >= 15 is 0 Å². The number of rotatable bonds is 3. The Morgan fingerprint density at radius 2 is 2.33 bits per heavy atom. The van der Waals surface area contributed by atoms with Gasteiger partial charge in [0.1, 0.15) is 4.91 Å². The predicted octanol–water partition coefficient (Wildman–Crippen LogP) is -1.00. The molecule has 64 valence electrons. The maximum Gasteiger partial charge on any atom is 0.373 e. The van der Waals surface area contributed by atoms with Crippen LogP contribution in [-0.4, -0.2) is 36.5 Å². The van der Waals surface area contributed by atoms with Crippen LogP contribution >= 0.6 is 0 Å². The second kappa shape index (κ2) is 2.82. The summed E-state index contributed by atoms with van der Waals surface area (Å²) in [5.41, 5.74) is 1.70. The van der Waals surface area contributed by atoms with Gasteiger partial charge in [-0.15, -0.1) is 5.10 Å². The predicted molar refractivity (Wildman–Crippen MR) is 32.4 cm³/mol. The molecule has 0 aliphatic rings. The molecule has 0 saturated heterocycles. The number of aromatic nitrogens is 3. The number of hydrogen-bond acceptors (Lipinski definition) is 4. The van der Waals surface area contributed by atoms with Crippen LogP contribution in [0.4, 0.5) is 5.95 Å². The van der Waals surface area contributed by atoms with Gasteiger partial charge >= 0.3 is 16.9 Å². The quantitative estimate of drug-likeness (QED) is 0.432. The van der Waals surface area contributed by atoms with E-state index in [4.69, 9.17) is 10.3 Å². The van der Waals surface area contributed by atoms with E-state index in [1.165, 1.54) is 0 Å². The van der Waals surface area contributed by atoms with E-state index < -0.39 is 16.8 Å². The largest absolute Gasteiger partial charge is 0.475 e. The van der Waals surface area contributed by atoms with Crippen LogP contribution in [0.15, 0.2) is 0 Å². The number of aromatic amines is 1. The molecule has 0 aliphatic carbocycles. The molecule has 1 aromatic heterocycles. The van der Waals surface area contributed by atoms with Gasteiger partial charge in [-0.2, -0.15) is 4.98 Å². The van der Waals surface area contributed by atoms with E-state index in [2.05, 4.69) is 10.1 Å². The Kier molecular flexibility index (Phi) is 1.86. The molecule has 0 bridgehead atoms. The molecule has 4 N–H and O–H groups in total. The molecule has 0 amide bonds. The van der Waals surface area contributed by atoms with Crippen LogP contribution in [0, 0.1) is 4.91 Å². The van der Waals surface area contributed by atoms with Gasteiger partial charge in [0.05, 0.1) is 0 Å². The molecule has 1 heterocycles. The van der Waals surface area contributed by atoms with Crippen molar-refractivity contribution in [3.8, 4) is 0 Å². The molecule has 9 nitrogen and oxygen atoms in total. The first-order chi connectivity index (χ1) is 5.59. The molecular formula is C3H4N5O4+. The second-order valence-electron chi connectivity index (χ2n) is 1.70. The summed E-state index contributed by atoms with van der Waals surface area (Å²) in [4.78, 5) is 23.4. The fourth-order valence-electron chi connectivity index (χ4n) is 0.493. The average Bonchev–Trinajstić information content (AvgIpc) is 2.34. The summed E-state index contributed by atoms with van der Waals surface area (Å²) in [6.45, 7) is 0. The maximum absolute atomic E-state index is 10.2. The number of carboxylic acids is 1. The number of hydrogen-bond donors (Lipinski definition) is 4. The number of aromatic carboxylic acids is 1. The van der Waals surface area contributed by atoms with Crippen LogP contribution in [-0.2, 0) is 0 Å². The van der Waals surface area contributed by atoms with E-state index in [-0.39, 0.29) is 5.95 Å². The third-order valence-corrected chi connectivity index (χ3v) is 0.884. The third-order valence-electron chi connectivity index (χ3n) is 0.884. The van der Waals surface area contributed by atoms with Gasteiger partial charge in [-0.1, -0.05) is 0 Å². The molecule has 12 heavy (non-hydrogen) atoms. The molecule has 9 heteroatoms. The van der Waals surface area contributed by atoms with Crippen molar-refractivity contribution in [1.29, 1.82) is 0 Å². The van der Waals surface area contributed by atoms with Crippen molar-refractivity contribution in [3.05, 3.63) is 10.7 Å². The average molecular weight is 174 g/mol. The first kappa shape index (κ1) is 7.91. The first-order valence-corrected chi connectivity index (χ1v) is 2.68. The molecule has 0 saturated carbocycles. The number of carboxylic acid groups (broad SMARTS) is 1. The van der Waals surface area contributed by atoms with Crippen molar-refractivity contribution >= 4 is 11.9 Å². The van der Waals surface area contributed by atoms with Gasteiger partial charge in [-0.3, -0.25) is 5.10 Å². The first-order valence-electron chi connectivity index (χ1n) is 2.68. The standard InChI is InChI=1S/C3H3N5O4/c9-2(10)1-4-3(6-5-1)7-8(11)12/h(H3-,4,5,6,7,9,10,11,12)/p+1. The highest BCUT2D eigenvalue weighted by atomic mass is 16.7. The van der Waals surface area contributed by atoms with Crippen LogP contribution < -0.4 is 5.43 Å². The van der Waals surface area contributed by atoms with Crippen LogP contribution in [0.3, 0.4) is 0 Å². The van der Waals surface area contributed by atoms with Crippen LogP contribution in [0.5, 0.6) is 0 Å². The molecule has 0 atom stereocenters. The summed E-state index contributed by atoms with van der Waals surface area (Å²) in [6.07, 6.45) is 0. The van der Waals surface area contributed by atoms with Gasteiger partial charge in [0.25, 0.3) is 0 Å². The van der Waals surface area contributed by atoms with Crippen LogP contribution in [0.2, 0.25) is 0 Å². The molecule has 1 rings (SSSR count). The highest BCUT2D eigenvalue weighted by molar-refractivity contribution is 5.83.